The summed E-state index contributed by atoms with van der Waals surface area (Å²) in [5.74, 6) is 0.357. The van der Waals surface area contributed by atoms with Crippen LogP contribution in [-0.2, 0) is 11.3 Å². The van der Waals surface area contributed by atoms with Gasteiger partial charge in [0.2, 0.25) is 0 Å². The second-order valence-corrected chi connectivity index (χ2v) is 5.47. The van der Waals surface area contributed by atoms with E-state index in [9.17, 15) is 4.79 Å². The van der Waals surface area contributed by atoms with E-state index in [1.165, 1.54) is 0 Å². The van der Waals surface area contributed by atoms with Crippen molar-refractivity contribution in [3.8, 4) is 11.5 Å². The van der Waals surface area contributed by atoms with Gasteiger partial charge in [0.25, 0.3) is 0 Å². The van der Waals surface area contributed by atoms with Gasteiger partial charge in [-0.05, 0) is 30.3 Å². The number of carbonyl (C=O) groups is 1. The lowest BCUT2D eigenvalue weighted by Gasteiger charge is -2.07. The van der Waals surface area contributed by atoms with Gasteiger partial charge < -0.3 is 4.74 Å². The number of carbonyl (C=O) groups excluding carboxylic acids is 1. The molecule has 1 aromatic carbocycles. The van der Waals surface area contributed by atoms with Gasteiger partial charge in [-0.2, -0.15) is 0 Å². The van der Waals surface area contributed by atoms with E-state index in [1.54, 1.807) is 64.6 Å². The van der Waals surface area contributed by atoms with E-state index in [0.29, 0.717) is 5.56 Å². The maximum atomic E-state index is 12.2. The van der Waals surface area contributed by atoms with Crippen LogP contribution in [0.2, 0.25) is 0 Å². The average molecular weight is 346 g/mol. The average Bonchev–Trinajstić information content (AvgIpc) is 3.40. The van der Waals surface area contributed by atoms with E-state index >= 15 is 0 Å². The second-order valence-electron chi connectivity index (χ2n) is 5.47. The largest absolute Gasteiger partial charge is 0.457 e. The number of imidazole rings is 1. The second kappa shape index (κ2) is 6.98. The van der Waals surface area contributed by atoms with E-state index in [2.05, 4.69) is 20.3 Å². The smallest absolute Gasteiger partial charge is 0.338 e. The normalized spacial score (nSPS) is 10.6. The molecule has 0 spiro atoms. The quantitative estimate of drug-likeness (QED) is 0.515. The Morgan fingerprint density at radius 1 is 1.04 bits per heavy atom. The first-order valence-electron chi connectivity index (χ1n) is 7.87. The first-order chi connectivity index (χ1) is 12.8. The minimum absolute atomic E-state index is 0.154. The Kier molecular flexibility index (Phi) is 4.21. The van der Waals surface area contributed by atoms with E-state index in [4.69, 9.17) is 4.74 Å². The fourth-order valence-corrected chi connectivity index (χ4v) is 2.38. The Labute approximate surface area is 148 Å². The Balaban J connectivity index is 1.37. The zero-order valence-corrected chi connectivity index (χ0v) is 13.6. The zero-order chi connectivity index (χ0) is 17.8. The molecule has 0 radical (unpaired) electrons. The molecule has 0 fully saturated rings. The zero-order valence-electron chi connectivity index (χ0n) is 13.6. The highest BCUT2D eigenvalue weighted by molar-refractivity contribution is 5.89. The van der Waals surface area contributed by atoms with Crippen LogP contribution in [0.5, 0.6) is 0 Å². The Hall–Kier alpha value is -3.81. The van der Waals surface area contributed by atoms with Gasteiger partial charge in [0, 0.05) is 24.2 Å². The highest BCUT2D eigenvalue weighted by Crippen LogP contribution is 2.11. The highest BCUT2D eigenvalue weighted by atomic mass is 16.5. The van der Waals surface area contributed by atoms with Crippen LogP contribution in [0.4, 0.5) is 0 Å². The molecular weight excluding hydrogens is 332 g/mol. The van der Waals surface area contributed by atoms with Crippen LogP contribution in [0.3, 0.4) is 0 Å². The highest BCUT2D eigenvalue weighted by Gasteiger charge is 2.08. The number of ether oxygens (including phenoxy) is 1. The van der Waals surface area contributed by atoms with Crippen LogP contribution in [0.25, 0.3) is 11.5 Å². The monoisotopic (exact) mass is 346 g/mol. The van der Waals surface area contributed by atoms with Crippen LogP contribution >= 0.6 is 0 Å². The third-order valence-electron chi connectivity index (χ3n) is 3.74. The number of pyridine rings is 1. The van der Waals surface area contributed by atoms with E-state index in [1.807, 2.05) is 18.3 Å². The van der Waals surface area contributed by atoms with Crippen LogP contribution in [0.1, 0.15) is 15.9 Å². The molecule has 3 heterocycles. The molecular formula is C18H14N6O2. The molecule has 0 aliphatic carbocycles. The molecule has 3 aromatic heterocycles. The van der Waals surface area contributed by atoms with E-state index in [0.717, 1.165) is 17.1 Å². The first kappa shape index (κ1) is 15.7. The molecule has 0 atom stereocenters. The summed E-state index contributed by atoms with van der Waals surface area (Å²) in [6.07, 6.45) is 10.2. The summed E-state index contributed by atoms with van der Waals surface area (Å²) in [7, 11) is 0. The van der Waals surface area contributed by atoms with Crippen LogP contribution < -0.4 is 0 Å². The molecule has 4 rings (SSSR count). The van der Waals surface area contributed by atoms with Gasteiger partial charge in [-0.3, -0.25) is 4.57 Å². The van der Waals surface area contributed by atoms with Gasteiger partial charge in [-0.25, -0.2) is 19.4 Å². The van der Waals surface area contributed by atoms with Crippen molar-refractivity contribution in [1.82, 2.24) is 29.5 Å². The van der Waals surface area contributed by atoms with Crippen LogP contribution in [-0.4, -0.2) is 35.5 Å². The molecule has 0 saturated carbocycles. The summed E-state index contributed by atoms with van der Waals surface area (Å²) in [6.45, 7) is 0.154. The molecule has 0 N–H and O–H groups in total. The van der Waals surface area contributed by atoms with Crippen molar-refractivity contribution >= 4 is 5.97 Å². The van der Waals surface area contributed by atoms with E-state index in [-0.39, 0.29) is 6.61 Å². The van der Waals surface area contributed by atoms with Gasteiger partial charge in [-0.1, -0.05) is 11.3 Å². The lowest BCUT2D eigenvalue weighted by Crippen LogP contribution is -2.06. The standard InChI is InChI=1S/C18H14N6O2/c25-18(15-2-4-16(5-3-15)24-10-8-21-22-24)26-12-14-1-6-17(20-11-14)23-9-7-19-13-23/h1-11,13H,12H2. The first-order valence-corrected chi connectivity index (χ1v) is 7.87. The van der Waals surface area contributed by atoms with Crippen LogP contribution in [0, 0.1) is 0 Å². The van der Waals surface area contributed by atoms with E-state index < -0.39 is 5.97 Å². The lowest BCUT2D eigenvalue weighted by molar-refractivity contribution is 0.0472. The minimum atomic E-state index is -0.395. The number of nitrogens with zero attached hydrogens (tertiary/aromatic N) is 6. The molecule has 26 heavy (non-hydrogen) atoms. The molecule has 8 heteroatoms. The fraction of sp³-hybridized carbons (Fsp3) is 0.0556. The van der Waals surface area contributed by atoms with Crippen molar-refractivity contribution in [2.75, 3.05) is 0 Å². The molecule has 0 saturated heterocycles. The number of aromatic nitrogens is 6. The number of esters is 1. The fourth-order valence-electron chi connectivity index (χ4n) is 2.38. The van der Waals surface area contributed by atoms with Crippen molar-refractivity contribution in [3.05, 3.63) is 84.8 Å². The minimum Gasteiger partial charge on any atom is -0.457 e. The summed E-state index contributed by atoms with van der Waals surface area (Å²) in [5, 5.41) is 7.65. The van der Waals surface area contributed by atoms with Crippen molar-refractivity contribution in [1.29, 1.82) is 0 Å². The summed E-state index contributed by atoms with van der Waals surface area (Å²) >= 11 is 0. The topological polar surface area (TPSA) is 87.7 Å². The predicted octanol–water partition coefficient (Wildman–Crippen LogP) is 2.21. The summed E-state index contributed by atoms with van der Waals surface area (Å²) < 4.78 is 8.75. The van der Waals surface area contributed by atoms with Gasteiger partial charge >= 0.3 is 5.97 Å². The third kappa shape index (κ3) is 3.34. The molecule has 0 unspecified atom stereocenters. The maximum Gasteiger partial charge on any atom is 0.338 e. The van der Waals surface area contributed by atoms with Gasteiger partial charge in [-0.15, -0.1) is 5.10 Å². The molecule has 0 aliphatic rings. The Morgan fingerprint density at radius 3 is 2.58 bits per heavy atom. The van der Waals surface area contributed by atoms with Crippen molar-refractivity contribution in [2.24, 2.45) is 0 Å². The summed E-state index contributed by atoms with van der Waals surface area (Å²) in [4.78, 5) is 20.5. The third-order valence-corrected chi connectivity index (χ3v) is 3.74. The number of hydrogen-bond donors (Lipinski definition) is 0. The molecule has 8 nitrogen and oxygen atoms in total. The molecule has 128 valence electrons. The van der Waals surface area contributed by atoms with Gasteiger partial charge in [0.15, 0.2) is 0 Å². The number of hydrogen-bond acceptors (Lipinski definition) is 6. The Morgan fingerprint density at radius 2 is 1.92 bits per heavy atom. The molecule has 0 amide bonds. The van der Waals surface area contributed by atoms with Gasteiger partial charge in [0.05, 0.1) is 23.6 Å². The summed E-state index contributed by atoms with van der Waals surface area (Å²) in [5.41, 5.74) is 2.09. The predicted molar refractivity (Wildman–Crippen MR) is 91.8 cm³/mol. The van der Waals surface area contributed by atoms with Crippen LogP contribution in [0.15, 0.2) is 73.7 Å². The van der Waals surface area contributed by atoms with Crippen molar-refractivity contribution in [3.63, 3.8) is 0 Å². The van der Waals surface area contributed by atoms with Crippen molar-refractivity contribution < 1.29 is 9.53 Å². The molecule has 0 bridgehead atoms. The maximum absolute atomic E-state index is 12.2. The van der Waals surface area contributed by atoms with Crippen molar-refractivity contribution in [2.45, 2.75) is 6.61 Å². The Bertz CT molecular complexity index is 977. The summed E-state index contributed by atoms with van der Waals surface area (Å²) in [6, 6.07) is 10.7. The van der Waals surface area contributed by atoms with Gasteiger partial charge in [0.1, 0.15) is 18.8 Å². The number of rotatable bonds is 5. The lowest BCUT2D eigenvalue weighted by atomic mass is 10.2. The number of benzene rings is 1. The molecule has 0 aliphatic heterocycles. The molecule has 4 aromatic rings. The SMILES string of the molecule is O=C(OCc1ccc(-n2ccnc2)nc1)c1ccc(-n2ccnn2)cc1.